The molecule has 3 nitrogen and oxygen atoms in total. The molecule has 3 rings (SSSR count). The number of rotatable bonds is 3. The SMILES string of the molecule is Cc1ccc(S(=O)(=O)Nc2cc(C)cc3c2CCC3)cc1. The molecular weight excluding hydrogens is 282 g/mol. The molecule has 0 aliphatic heterocycles. The van der Waals surface area contributed by atoms with Crippen molar-refractivity contribution in [1.29, 1.82) is 0 Å². The minimum absolute atomic E-state index is 0.307. The summed E-state index contributed by atoms with van der Waals surface area (Å²) in [4.78, 5) is 0.307. The normalized spacial score (nSPS) is 14.0. The summed E-state index contributed by atoms with van der Waals surface area (Å²) >= 11 is 0. The fourth-order valence-corrected chi connectivity index (χ4v) is 3.96. The van der Waals surface area contributed by atoms with Gasteiger partial charge in [-0.3, -0.25) is 4.72 Å². The number of anilines is 1. The van der Waals surface area contributed by atoms with E-state index in [4.69, 9.17) is 0 Å². The van der Waals surface area contributed by atoms with Crippen molar-refractivity contribution in [2.24, 2.45) is 0 Å². The number of benzene rings is 2. The van der Waals surface area contributed by atoms with Crippen molar-refractivity contribution >= 4 is 15.7 Å². The highest BCUT2D eigenvalue weighted by molar-refractivity contribution is 7.92. The molecule has 1 aliphatic carbocycles. The van der Waals surface area contributed by atoms with Crippen LogP contribution in [0.25, 0.3) is 0 Å². The van der Waals surface area contributed by atoms with Crippen molar-refractivity contribution in [3.63, 3.8) is 0 Å². The molecule has 110 valence electrons. The summed E-state index contributed by atoms with van der Waals surface area (Å²) in [5.41, 5.74) is 5.30. The average Bonchev–Trinajstić information content (AvgIpc) is 2.87. The third kappa shape index (κ3) is 2.81. The highest BCUT2D eigenvalue weighted by Gasteiger charge is 2.20. The standard InChI is InChI=1S/C17H19NO2S/c1-12-6-8-15(9-7-12)21(19,20)18-17-11-13(2)10-14-4-3-5-16(14)17/h6-11,18H,3-5H2,1-2H3. The maximum Gasteiger partial charge on any atom is 0.261 e. The Kier molecular flexibility index (Phi) is 3.49. The summed E-state index contributed by atoms with van der Waals surface area (Å²) < 4.78 is 27.8. The lowest BCUT2D eigenvalue weighted by molar-refractivity contribution is 0.601. The molecule has 2 aromatic rings. The maximum absolute atomic E-state index is 12.5. The first-order valence-corrected chi connectivity index (χ1v) is 8.66. The molecule has 0 saturated heterocycles. The van der Waals surface area contributed by atoms with Gasteiger partial charge >= 0.3 is 0 Å². The Bertz CT molecular complexity index is 777. The largest absolute Gasteiger partial charge is 0.279 e. The lowest BCUT2D eigenvalue weighted by Gasteiger charge is -2.13. The molecule has 0 unspecified atom stereocenters. The zero-order valence-electron chi connectivity index (χ0n) is 12.3. The van der Waals surface area contributed by atoms with Gasteiger partial charge in [-0.15, -0.1) is 0 Å². The summed E-state index contributed by atoms with van der Waals surface area (Å²) in [5, 5.41) is 0. The Balaban J connectivity index is 1.98. The molecule has 0 fully saturated rings. The molecular formula is C17H19NO2S. The van der Waals surface area contributed by atoms with Crippen LogP contribution in [0.15, 0.2) is 41.3 Å². The molecule has 0 atom stereocenters. The van der Waals surface area contributed by atoms with E-state index >= 15 is 0 Å². The molecule has 0 heterocycles. The van der Waals surface area contributed by atoms with Crippen LogP contribution in [0, 0.1) is 13.8 Å². The first-order chi connectivity index (χ1) is 9.95. The third-order valence-electron chi connectivity index (χ3n) is 3.94. The van der Waals surface area contributed by atoms with Gasteiger partial charge in [-0.25, -0.2) is 8.42 Å². The van der Waals surface area contributed by atoms with E-state index in [9.17, 15) is 8.42 Å². The summed E-state index contributed by atoms with van der Waals surface area (Å²) in [7, 11) is -3.52. The number of hydrogen-bond donors (Lipinski definition) is 1. The number of hydrogen-bond acceptors (Lipinski definition) is 2. The highest BCUT2D eigenvalue weighted by Crippen LogP contribution is 2.31. The minimum Gasteiger partial charge on any atom is -0.279 e. The van der Waals surface area contributed by atoms with Gasteiger partial charge in [-0.05, 0) is 68.0 Å². The molecule has 0 radical (unpaired) electrons. The molecule has 2 aromatic carbocycles. The smallest absolute Gasteiger partial charge is 0.261 e. The van der Waals surface area contributed by atoms with Gasteiger partial charge < -0.3 is 0 Å². The Morgan fingerprint density at radius 2 is 1.67 bits per heavy atom. The van der Waals surface area contributed by atoms with Gasteiger partial charge in [0.15, 0.2) is 0 Å². The van der Waals surface area contributed by atoms with E-state index in [1.54, 1.807) is 12.1 Å². The molecule has 0 aromatic heterocycles. The van der Waals surface area contributed by atoms with E-state index in [1.165, 1.54) is 5.56 Å². The monoisotopic (exact) mass is 301 g/mol. The van der Waals surface area contributed by atoms with E-state index < -0.39 is 10.0 Å². The first kappa shape index (κ1) is 14.1. The highest BCUT2D eigenvalue weighted by atomic mass is 32.2. The second kappa shape index (κ2) is 5.19. The molecule has 21 heavy (non-hydrogen) atoms. The lowest BCUT2D eigenvalue weighted by atomic mass is 10.1. The van der Waals surface area contributed by atoms with Crippen molar-refractivity contribution in [1.82, 2.24) is 0 Å². The summed E-state index contributed by atoms with van der Waals surface area (Å²) in [5.74, 6) is 0. The quantitative estimate of drug-likeness (QED) is 0.941. The van der Waals surface area contributed by atoms with Crippen molar-refractivity contribution in [3.8, 4) is 0 Å². The van der Waals surface area contributed by atoms with Crippen molar-refractivity contribution < 1.29 is 8.42 Å². The van der Waals surface area contributed by atoms with Crippen LogP contribution >= 0.6 is 0 Å². The fourth-order valence-electron chi connectivity index (χ4n) is 2.88. The number of sulfonamides is 1. The van der Waals surface area contributed by atoms with Crippen LogP contribution in [0.2, 0.25) is 0 Å². The van der Waals surface area contributed by atoms with Gasteiger partial charge in [-0.2, -0.15) is 0 Å². The van der Waals surface area contributed by atoms with Gasteiger partial charge in [0.05, 0.1) is 10.6 Å². The van der Waals surface area contributed by atoms with Crippen LogP contribution in [0.4, 0.5) is 5.69 Å². The van der Waals surface area contributed by atoms with Gasteiger partial charge in [-0.1, -0.05) is 23.8 Å². The van der Waals surface area contributed by atoms with E-state index in [0.717, 1.165) is 41.6 Å². The lowest BCUT2D eigenvalue weighted by Crippen LogP contribution is -2.14. The topological polar surface area (TPSA) is 46.2 Å². The molecule has 4 heteroatoms. The average molecular weight is 301 g/mol. The molecule has 0 spiro atoms. The second-order valence-electron chi connectivity index (χ2n) is 5.72. The number of nitrogens with one attached hydrogen (secondary N) is 1. The maximum atomic E-state index is 12.5. The molecule has 1 N–H and O–H groups in total. The molecule has 0 amide bonds. The molecule has 1 aliphatic rings. The van der Waals surface area contributed by atoms with Crippen LogP contribution in [0.1, 0.15) is 28.7 Å². The Morgan fingerprint density at radius 3 is 2.38 bits per heavy atom. The van der Waals surface area contributed by atoms with Crippen LogP contribution in [-0.2, 0) is 22.9 Å². The van der Waals surface area contributed by atoms with Crippen molar-refractivity contribution in [3.05, 3.63) is 58.7 Å². The van der Waals surface area contributed by atoms with Crippen molar-refractivity contribution in [2.75, 3.05) is 4.72 Å². The van der Waals surface area contributed by atoms with E-state index in [-0.39, 0.29) is 0 Å². The Morgan fingerprint density at radius 1 is 0.952 bits per heavy atom. The Labute approximate surface area is 126 Å². The third-order valence-corrected chi connectivity index (χ3v) is 5.32. The van der Waals surface area contributed by atoms with Gasteiger partial charge in [0.2, 0.25) is 0 Å². The summed E-state index contributed by atoms with van der Waals surface area (Å²) in [6.45, 7) is 3.94. The van der Waals surface area contributed by atoms with Gasteiger partial charge in [0.1, 0.15) is 0 Å². The van der Waals surface area contributed by atoms with Gasteiger partial charge in [0.25, 0.3) is 10.0 Å². The predicted molar refractivity (Wildman–Crippen MR) is 85.2 cm³/mol. The van der Waals surface area contributed by atoms with E-state index in [0.29, 0.717) is 4.90 Å². The van der Waals surface area contributed by atoms with Crippen LogP contribution < -0.4 is 4.72 Å². The second-order valence-corrected chi connectivity index (χ2v) is 7.40. The van der Waals surface area contributed by atoms with Gasteiger partial charge in [0, 0.05) is 0 Å². The summed E-state index contributed by atoms with van der Waals surface area (Å²) in [6.07, 6.45) is 3.08. The van der Waals surface area contributed by atoms with Crippen LogP contribution in [0.3, 0.4) is 0 Å². The van der Waals surface area contributed by atoms with Crippen LogP contribution in [0.5, 0.6) is 0 Å². The van der Waals surface area contributed by atoms with E-state index in [2.05, 4.69) is 10.8 Å². The summed E-state index contributed by atoms with van der Waals surface area (Å²) in [6, 6.07) is 11.0. The van der Waals surface area contributed by atoms with Crippen molar-refractivity contribution in [2.45, 2.75) is 38.0 Å². The fraction of sp³-hybridized carbons (Fsp3) is 0.294. The minimum atomic E-state index is -3.52. The zero-order chi connectivity index (χ0) is 15.0. The zero-order valence-corrected chi connectivity index (χ0v) is 13.1. The molecule has 0 bridgehead atoms. The first-order valence-electron chi connectivity index (χ1n) is 7.17. The number of fused-ring (bicyclic) bond motifs is 1. The predicted octanol–water partition coefficient (Wildman–Crippen LogP) is 3.59. The Hall–Kier alpha value is -1.81. The van der Waals surface area contributed by atoms with Crippen LogP contribution in [-0.4, -0.2) is 8.42 Å². The van der Waals surface area contributed by atoms with E-state index in [1.807, 2.05) is 32.0 Å². The molecule has 0 saturated carbocycles. The number of aryl methyl sites for hydroxylation is 3.